The van der Waals surface area contributed by atoms with Crippen LogP contribution in [-0.2, 0) is 11.2 Å². The number of carbonyl (C=O) groups excluding carboxylic acids is 2. The van der Waals surface area contributed by atoms with Crippen LogP contribution in [0.15, 0.2) is 78.9 Å². The van der Waals surface area contributed by atoms with Crippen LogP contribution in [0.25, 0.3) is 10.9 Å². The van der Waals surface area contributed by atoms with Crippen LogP contribution in [-0.4, -0.2) is 27.7 Å². The predicted octanol–water partition coefficient (Wildman–Crippen LogP) is 4.52. The van der Waals surface area contributed by atoms with E-state index in [1.54, 1.807) is 4.90 Å². The Labute approximate surface area is 186 Å². The molecular formula is C27H23N3O2. The molecule has 1 aromatic heterocycles. The van der Waals surface area contributed by atoms with Crippen molar-refractivity contribution in [2.75, 3.05) is 0 Å². The van der Waals surface area contributed by atoms with Crippen molar-refractivity contribution >= 4 is 22.7 Å². The number of amides is 2. The van der Waals surface area contributed by atoms with Crippen molar-refractivity contribution < 1.29 is 9.59 Å². The first kappa shape index (κ1) is 18.9. The Kier molecular flexibility index (Phi) is 4.18. The molecule has 0 bridgehead atoms. The van der Waals surface area contributed by atoms with Crippen molar-refractivity contribution in [2.24, 2.45) is 0 Å². The summed E-state index contributed by atoms with van der Waals surface area (Å²) < 4.78 is 0. The molecule has 2 N–H and O–H groups in total. The summed E-state index contributed by atoms with van der Waals surface area (Å²) in [6.45, 7) is 1.98. The summed E-state index contributed by atoms with van der Waals surface area (Å²) in [7, 11) is 0. The van der Waals surface area contributed by atoms with Gasteiger partial charge in [0, 0.05) is 28.6 Å². The van der Waals surface area contributed by atoms with Crippen LogP contribution in [0.3, 0.4) is 0 Å². The number of aromatic nitrogens is 1. The van der Waals surface area contributed by atoms with E-state index in [0.29, 0.717) is 12.0 Å². The van der Waals surface area contributed by atoms with Gasteiger partial charge in [-0.25, -0.2) is 0 Å². The Balaban J connectivity index is 1.44. The van der Waals surface area contributed by atoms with Crippen LogP contribution in [0.5, 0.6) is 0 Å². The Hall–Kier alpha value is -3.86. The summed E-state index contributed by atoms with van der Waals surface area (Å²) in [6, 6.07) is 24.8. The fraction of sp³-hybridized carbons (Fsp3) is 0.185. The van der Waals surface area contributed by atoms with E-state index in [1.165, 1.54) is 0 Å². The molecule has 0 fully saturated rings. The standard InChI is InChI=1S/C27H23N3O2/c1-16(17-9-3-2-4-10-17)28-26(31)23-15-21-18-11-7-8-14-22(18)29-24(21)25-19-12-5-6-13-20(19)27(32)30(23)25/h2-14,16,23,25,29H,15H2,1H3,(H,28,31)/t16-,23+,25+/m1/s1. The maximum atomic E-state index is 13.6. The van der Waals surface area contributed by atoms with Gasteiger partial charge in [-0.1, -0.05) is 66.7 Å². The summed E-state index contributed by atoms with van der Waals surface area (Å²) in [4.78, 5) is 32.4. The molecule has 0 saturated heterocycles. The molecule has 2 aliphatic rings. The number of H-pyrrole nitrogens is 1. The summed E-state index contributed by atoms with van der Waals surface area (Å²) in [5.41, 5.74) is 5.85. The minimum atomic E-state index is -0.572. The molecular weight excluding hydrogens is 398 g/mol. The molecule has 4 aromatic rings. The van der Waals surface area contributed by atoms with E-state index in [1.807, 2.05) is 79.7 Å². The third kappa shape index (κ3) is 2.71. The number of nitrogens with zero attached hydrogens (tertiary/aromatic N) is 1. The third-order valence-electron chi connectivity index (χ3n) is 6.81. The van der Waals surface area contributed by atoms with Gasteiger partial charge in [-0.2, -0.15) is 0 Å². The molecule has 3 atom stereocenters. The Bertz CT molecular complexity index is 1360. The van der Waals surface area contributed by atoms with E-state index in [2.05, 4.69) is 16.4 Å². The highest BCUT2D eigenvalue weighted by atomic mass is 16.2. The summed E-state index contributed by atoms with van der Waals surface area (Å²) in [5, 5.41) is 4.27. The average Bonchev–Trinajstić information content (AvgIpc) is 3.35. The van der Waals surface area contributed by atoms with E-state index < -0.39 is 6.04 Å². The fourth-order valence-electron chi connectivity index (χ4n) is 5.27. The highest BCUT2D eigenvalue weighted by Crippen LogP contribution is 2.46. The van der Waals surface area contributed by atoms with Gasteiger partial charge in [-0.05, 0) is 35.7 Å². The zero-order chi connectivity index (χ0) is 21.8. The van der Waals surface area contributed by atoms with Gasteiger partial charge in [0.05, 0.1) is 12.1 Å². The minimum absolute atomic E-state index is 0.0811. The molecule has 2 aliphatic heterocycles. The fourth-order valence-corrected chi connectivity index (χ4v) is 5.27. The van der Waals surface area contributed by atoms with Gasteiger partial charge in [-0.3, -0.25) is 9.59 Å². The topological polar surface area (TPSA) is 65.2 Å². The van der Waals surface area contributed by atoms with E-state index in [-0.39, 0.29) is 23.9 Å². The average molecular weight is 422 g/mol. The van der Waals surface area contributed by atoms with E-state index in [4.69, 9.17) is 0 Å². The number of carbonyl (C=O) groups is 2. The van der Waals surface area contributed by atoms with Gasteiger partial charge in [-0.15, -0.1) is 0 Å². The maximum Gasteiger partial charge on any atom is 0.255 e. The molecule has 0 saturated carbocycles. The lowest BCUT2D eigenvalue weighted by atomic mass is 9.89. The zero-order valence-electron chi connectivity index (χ0n) is 17.7. The van der Waals surface area contributed by atoms with Gasteiger partial charge in [0.2, 0.25) is 5.91 Å². The van der Waals surface area contributed by atoms with Crippen molar-refractivity contribution in [2.45, 2.75) is 31.5 Å². The van der Waals surface area contributed by atoms with Crippen molar-refractivity contribution in [3.8, 4) is 0 Å². The van der Waals surface area contributed by atoms with Crippen molar-refractivity contribution in [3.05, 3.63) is 107 Å². The molecule has 0 unspecified atom stereocenters. The molecule has 2 amide bonds. The monoisotopic (exact) mass is 421 g/mol. The van der Waals surface area contributed by atoms with Crippen molar-refractivity contribution in [3.63, 3.8) is 0 Å². The molecule has 0 aliphatic carbocycles. The predicted molar refractivity (Wildman–Crippen MR) is 123 cm³/mol. The number of hydrogen-bond donors (Lipinski definition) is 2. The minimum Gasteiger partial charge on any atom is -0.356 e. The van der Waals surface area contributed by atoms with Crippen LogP contribution in [0.2, 0.25) is 0 Å². The smallest absolute Gasteiger partial charge is 0.255 e. The number of nitrogens with one attached hydrogen (secondary N) is 2. The molecule has 158 valence electrons. The Morgan fingerprint density at radius 2 is 1.72 bits per heavy atom. The first-order chi connectivity index (χ1) is 15.6. The lowest BCUT2D eigenvalue weighted by Crippen LogP contribution is -2.52. The van der Waals surface area contributed by atoms with Gasteiger partial charge in [0.15, 0.2) is 0 Å². The van der Waals surface area contributed by atoms with Gasteiger partial charge in [0.25, 0.3) is 5.91 Å². The van der Waals surface area contributed by atoms with Crippen LogP contribution >= 0.6 is 0 Å². The highest BCUT2D eigenvalue weighted by Gasteiger charge is 2.48. The second kappa shape index (κ2) is 7.09. The van der Waals surface area contributed by atoms with E-state index >= 15 is 0 Å². The number of aromatic amines is 1. The SMILES string of the molecule is C[C@@H](NC(=O)[C@@H]1Cc2c([nH]c3ccccc23)[C@@H]2c3ccccc3C(=O)N21)c1ccccc1. The number of rotatable bonds is 3. The molecule has 5 heteroatoms. The highest BCUT2D eigenvalue weighted by molar-refractivity contribution is 6.03. The summed E-state index contributed by atoms with van der Waals surface area (Å²) in [5.74, 6) is -0.203. The number of benzene rings is 3. The Morgan fingerprint density at radius 3 is 2.56 bits per heavy atom. The van der Waals surface area contributed by atoms with Crippen LogP contribution in [0.4, 0.5) is 0 Å². The summed E-state index contributed by atoms with van der Waals surface area (Å²) in [6.07, 6.45) is 0.489. The van der Waals surface area contributed by atoms with E-state index in [9.17, 15) is 9.59 Å². The van der Waals surface area contributed by atoms with Gasteiger partial charge < -0.3 is 15.2 Å². The normalized spacial score (nSPS) is 19.9. The summed E-state index contributed by atoms with van der Waals surface area (Å²) >= 11 is 0. The molecule has 5 nitrogen and oxygen atoms in total. The van der Waals surface area contributed by atoms with Gasteiger partial charge in [0.1, 0.15) is 6.04 Å². The lowest BCUT2D eigenvalue weighted by Gasteiger charge is -2.37. The van der Waals surface area contributed by atoms with Crippen molar-refractivity contribution in [1.82, 2.24) is 15.2 Å². The molecule has 3 heterocycles. The Morgan fingerprint density at radius 1 is 1.00 bits per heavy atom. The third-order valence-corrected chi connectivity index (χ3v) is 6.81. The number of para-hydroxylation sites is 1. The van der Waals surface area contributed by atoms with Gasteiger partial charge >= 0.3 is 0 Å². The number of hydrogen-bond acceptors (Lipinski definition) is 2. The second-order valence-corrected chi connectivity index (χ2v) is 8.63. The van der Waals surface area contributed by atoms with E-state index in [0.717, 1.165) is 33.3 Å². The zero-order valence-corrected chi connectivity index (χ0v) is 17.7. The van der Waals surface area contributed by atoms with Crippen LogP contribution < -0.4 is 5.32 Å². The first-order valence-corrected chi connectivity index (χ1v) is 11.0. The molecule has 6 rings (SSSR count). The molecule has 3 aromatic carbocycles. The number of fused-ring (bicyclic) bond motifs is 7. The van der Waals surface area contributed by atoms with Crippen LogP contribution in [0.1, 0.15) is 51.7 Å². The molecule has 0 spiro atoms. The molecule has 0 radical (unpaired) electrons. The maximum absolute atomic E-state index is 13.6. The lowest BCUT2D eigenvalue weighted by molar-refractivity contribution is -0.127. The largest absolute Gasteiger partial charge is 0.356 e. The quantitative estimate of drug-likeness (QED) is 0.511. The van der Waals surface area contributed by atoms with Crippen molar-refractivity contribution in [1.29, 1.82) is 0 Å². The second-order valence-electron chi connectivity index (χ2n) is 8.63. The molecule has 32 heavy (non-hydrogen) atoms. The first-order valence-electron chi connectivity index (χ1n) is 11.0. The van der Waals surface area contributed by atoms with Crippen LogP contribution in [0, 0.1) is 0 Å².